The summed E-state index contributed by atoms with van der Waals surface area (Å²) >= 11 is 0. The van der Waals surface area contributed by atoms with Crippen LogP contribution in [0.25, 0.3) is 0 Å². The highest BCUT2D eigenvalue weighted by molar-refractivity contribution is 5.97. The molecule has 20 heavy (non-hydrogen) atoms. The van der Waals surface area contributed by atoms with Gasteiger partial charge in [-0.15, -0.1) is 0 Å². The van der Waals surface area contributed by atoms with E-state index in [2.05, 4.69) is 5.32 Å². The van der Waals surface area contributed by atoms with Gasteiger partial charge >= 0.3 is 0 Å². The average molecular weight is 275 g/mol. The number of hydrogen-bond acceptors (Lipinski definition) is 3. The first-order valence-electron chi connectivity index (χ1n) is 7.11. The lowest BCUT2D eigenvalue weighted by molar-refractivity contribution is 0.0232. The van der Waals surface area contributed by atoms with Crippen molar-refractivity contribution in [1.82, 2.24) is 5.32 Å². The Bertz CT molecular complexity index is 489. The molecule has 0 heterocycles. The lowest BCUT2D eigenvalue weighted by Gasteiger charge is -2.37. The molecule has 1 amide bonds. The first-order chi connectivity index (χ1) is 9.51. The molecule has 1 aromatic rings. The first kappa shape index (κ1) is 14.7. The van der Waals surface area contributed by atoms with E-state index < -0.39 is 0 Å². The maximum absolute atomic E-state index is 12.2. The molecule has 2 N–H and O–H groups in total. The highest BCUT2D eigenvalue weighted by Crippen LogP contribution is 2.31. The Morgan fingerprint density at radius 1 is 1.25 bits per heavy atom. The van der Waals surface area contributed by atoms with Gasteiger partial charge in [0.2, 0.25) is 0 Å². The van der Waals surface area contributed by atoms with Crippen LogP contribution in [0.1, 0.15) is 53.8 Å². The van der Waals surface area contributed by atoms with Crippen LogP contribution in [0.2, 0.25) is 0 Å². The van der Waals surface area contributed by atoms with Gasteiger partial charge in [-0.25, -0.2) is 0 Å². The predicted molar refractivity (Wildman–Crippen MR) is 76.7 cm³/mol. The van der Waals surface area contributed by atoms with Gasteiger partial charge in [0.1, 0.15) is 0 Å². The van der Waals surface area contributed by atoms with E-state index in [4.69, 9.17) is 0 Å². The molecule has 1 aliphatic rings. The van der Waals surface area contributed by atoms with E-state index in [-0.39, 0.29) is 23.8 Å². The molecular formula is C16H21NO3. The van der Waals surface area contributed by atoms with E-state index in [0.717, 1.165) is 19.3 Å². The van der Waals surface area contributed by atoms with Crippen LogP contribution in [0.4, 0.5) is 0 Å². The van der Waals surface area contributed by atoms with Crippen LogP contribution in [-0.4, -0.2) is 28.9 Å². The molecule has 0 spiro atoms. The van der Waals surface area contributed by atoms with E-state index in [1.165, 1.54) is 6.92 Å². The number of aliphatic hydroxyl groups is 1. The van der Waals surface area contributed by atoms with Crippen molar-refractivity contribution in [3.63, 3.8) is 0 Å². The summed E-state index contributed by atoms with van der Waals surface area (Å²) in [5.74, 6) is 0.246. The molecule has 0 unspecified atom stereocenters. The Labute approximate surface area is 119 Å². The molecule has 1 atom stereocenters. The standard InChI is InChI=1S/C16H21NO3/c1-3-15(13-8-14(19)9-13)17-16(20)12-6-4-11(5-7-12)10(2)18/h4-7,13-15,19H,3,8-9H2,1-2H3,(H,17,20)/t13?,14?,15-/m0/s1. The van der Waals surface area contributed by atoms with Crippen LogP contribution in [0.15, 0.2) is 24.3 Å². The molecular weight excluding hydrogens is 254 g/mol. The molecule has 1 fully saturated rings. The van der Waals surface area contributed by atoms with Crippen LogP contribution in [0.5, 0.6) is 0 Å². The summed E-state index contributed by atoms with van der Waals surface area (Å²) < 4.78 is 0. The van der Waals surface area contributed by atoms with Crippen molar-refractivity contribution in [2.75, 3.05) is 0 Å². The fraction of sp³-hybridized carbons (Fsp3) is 0.500. The summed E-state index contributed by atoms with van der Waals surface area (Å²) in [6.45, 7) is 3.54. The summed E-state index contributed by atoms with van der Waals surface area (Å²) in [4.78, 5) is 23.4. The summed E-state index contributed by atoms with van der Waals surface area (Å²) in [6, 6.07) is 6.80. The zero-order valence-corrected chi connectivity index (χ0v) is 11.9. The number of carbonyl (C=O) groups excluding carboxylic acids is 2. The van der Waals surface area contributed by atoms with Gasteiger partial charge in [0.15, 0.2) is 5.78 Å². The summed E-state index contributed by atoms with van der Waals surface area (Å²) in [6.07, 6.45) is 2.18. The average Bonchev–Trinajstić information content (AvgIpc) is 2.41. The van der Waals surface area contributed by atoms with Crippen molar-refractivity contribution in [3.8, 4) is 0 Å². The Balaban J connectivity index is 1.98. The van der Waals surface area contributed by atoms with E-state index in [1.54, 1.807) is 24.3 Å². The zero-order valence-electron chi connectivity index (χ0n) is 11.9. The third kappa shape index (κ3) is 3.25. The fourth-order valence-corrected chi connectivity index (χ4v) is 2.62. The Morgan fingerprint density at radius 2 is 1.80 bits per heavy atom. The van der Waals surface area contributed by atoms with Gasteiger partial charge in [0, 0.05) is 17.2 Å². The van der Waals surface area contributed by atoms with E-state index in [0.29, 0.717) is 17.0 Å². The first-order valence-corrected chi connectivity index (χ1v) is 7.11. The molecule has 2 rings (SSSR count). The fourth-order valence-electron chi connectivity index (χ4n) is 2.62. The number of benzene rings is 1. The summed E-state index contributed by atoms with van der Waals surface area (Å²) in [7, 11) is 0. The van der Waals surface area contributed by atoms with Gasteiger partial charge in [-0.2, -0.15) is 0 Å². The molecule has 0 saturated heterocycles. The van der Waals surface area contributed by atoms with Crippen molar-refractivity contribution in [3.05, 3.63) is 35.4 Å². The number of amides is 1. The SMILES string of the molecule is CC[C@H](NC(=O)c1ccc(C(C)=O)cc1)C1CC(O)C1. The number of hydrogen-bond donors (Lipinski definition) is 2. The van der Waals surface area contributed by atoms with Crippen LogP contribution in [-0.2, 0) is 0 Å². The molecule has 0 radical (unpaired) electrons. The molecule has 1 aliphatic carbocycles. The van der Waals surface area contributed by atoms with Crippen molar-refractivity contribution in [2.24, 2.45) is 5.92 Å². The van der Waals surface area contributed by atoms with Crippen LogP contribution < -0.4 is 5.32 Å². The van der Waals surface area contributed by atoms with Crippen LogP contribution in [0.3, 0.4) is 0 Å². The number of Topliss-reactive ketones (excluding diaryl/α,β-unsaturated/α-hetero) is 1. The Hall–Kier alpha value is -1.68. The zero-order chi connectivity index (χ0) is 14.7. The maximum Gasteiger partial charge on any atom is 0.251 e. The molecule has 0 bridgehead atoms. The van der Waals surface area contributed by atoms with Crippen molar-refractivity contribution in [1.29, 1.82) is 0 Å². The second-order valence-electron chi connectivity index (χ2n) is 5.51. The third-order valence-electron chi connectivity index (χ3n) is 4.03. The highest BCUT2D eigenvalue weighted by atomic mass is 16.3. The van der Waals surface area contributed by atoms with Crippen molar-refractivity contribution in [2.45, 2.75) is 45.3 Å². The van der Waals surface area contributed by atoms with Crippen LogP contribution >= 0.6 is 0 Å². The van der Waals surface area contributed by atoms with Crippen molar-refractivity contribution < 1.29 is 14.7 Å². The van der Waals surface area contributed by atoms with Crippen molar-refractivity contribution >= 4 is 11.7 Å². The smallest absolute Gasteiger partial charge is 0.251 e. The van der Waals surface area contributed by atoms with Crippen LogP contribution in [0, 0.1) is 5.92 Å². The number of nitrogens with one attached hydrogen (secondary N) is 1. The molecule has 108 valence electrons. The number of rotatable bonds is 5. The van der Waals surface area contributed by atoms with Gasteiger partial charge in [-0.05, 0) is 44.2 Å². The second-order valence-corrected chi connectivity index (χ2v) is 5.51. The molecule has 0 aromatic heterocycles. The van der Waals surface area contributed by atoms with Gasteiger partial charge in [0.25, 0.3) is 5.91 Å². The normalized spacial score (nSPS) is 22.8. The molecule has 0 aliphatic heterocycles. The van der Waals surface area contributed by atoms with Gasteiger partial charge in [-0.3, -0.25) is 9.59 Å². The third-order valence-corrected chi connectivity index (χ3v) is 4.03. The van der Waals surface area contributed by atoms with Gasteiger partial charge in [0.05, 0.1) is 6.10 Å². The highest BCUT2D eigenvalue weighted by Gasteiger charge is 2.33. The minimum absolute atomic E-state index is 0.00755. The Morgan fingerprint density at radius 3 is 2.25 bits per heavy atom. The summed E-state index contributed by atoms with van der Waals surface area (Å²) in [5.41, 5.74) is 1.17. The number of aliphatic hydroxyl groups excluding tert-OH is 1. The predicted octanol–water partition coefficient (Wildman–Crippen LogP) is 2.17. The monoisotopic (exact) mass is 275 g/mol. The lowest BCUT2D eigenvalue weighted by atomic mass is 9.76. The van der Waals surface area contributed by atoms with E-state index in [9.17, 15) is 14.7 Å². The number of carbonyl (C=O) groups is 2. The molecule has 4 heteroatoms. The molecule has 1 saturated carbocycles. The second kappa shape index (κ2) is 6.18. The lowest BCUT2D eigenvalue weighted by Crippen LogP contribution is -2.46. The quantitative estimate of drug-likeness (QED) is 0.809. The van der Waals surface area contributed by atoms with Gasteiger partial charge < -0.3 is 10.4 Å². The van der Waals surface area contributed by atoms with Gasteiger partial charge in [-0.1, -0.05) is 19.1 Å². The molecule has 1 aromatic carbocycles. The number of ketones is 1. The minimum Gasteiger partial charge on any atom is -0.393 e. The maximum atomic E-state index is 12.2. The minimum atomic E-state index is -0.208. The summed E-state index contributed by atoms with van der Waals surface area (Å²) in [5, 5.41) is 12.4. The Kier molecular flexibility index (Phi) is 4.55. The van der Waals surface area contributed by atoms with E-state index in [1.807, 2.05) is 6.92 Å². The van der Waals surface area contributed by atoms with E-state index >= 15 is 0 Å². The topological polar surface area (TPSA) is 66.4 Å². The molecule has 4 nitrogen and oxygen atoms in total. The largest absolute Gasteiger partial charge is 0.393 e.